The highest BCUT2D eigenvalue weighted by Crippen LogP contribution is 2.44. The molecule has 0 unspecified atom stereocenters. The summed E-state index contributed by atoms with van der Waals surface area (Å²) in [6.07, 6.45) is 0. The van der Waals surface area contributed by atoms with E-state index in [9.17, 15) is 4.79 Å². The van der Waals surface area contributed by atoms with Gasteiger partial charge in [-0.2, -0.15) is 0 Å². The molecule has 0 aliphatic carbocycles. The maximum absolute atomic E-state index is 13.9. The molecule has 0 amide bonds. The second kappa shape index (κ2) is 13.4. The fraction of sp³-hybridized carbons (Fsp3) is 0.435. The summed E-state index contributed by atoms with van der Waals surface area (Å²) in [4.78, 5) is 13.9. The molecule has 0 aliphatic rings. The zero-order chi connectivity index (χ0) is 24.4. The summed E-state index contributed by atoms with van der Waals surface area (Å²) in [6, 6.07) is 5.19. The Bertz CT molecular complexity index is 946. The van der Waals surface area contributed by atoms with Crippen LogP contribution in [0.5, 0.6) is 23.0 Å². The summed E-state index contributed by atoms with van der Waals surface area (Å²) in [5.74, 6) is 0.715. The van der Waals surface area contributed by atoms with E-state index < -0.39 is 0 Å². The summed E-state index contributed by atoms with van der Waals surface area (Å²) < 4.78 is 43.9. The van der Waals surface area contributed by atoms with Gasteiger partial charge in [0.2, 0.25) is 11.5 Å². The average Bonchev–Trinajstić information content (AvgIpc) is 2.80. The van der Waals surface area contributed by atoms with Gasteiger partial charge in [0.25, 0.3) is 0 Å². The number of rotatable bonds is 14. The first-order valence-corrected chi connectivity index (χ1v) is 10.7. The van der Waals surface area contributed by atoms with Crippen LogP contribution in [0.1, 0.15) is 27.0 Å². The summed E-state index contributed by atoms with van der Waals surface area (Å²) in [5, 5.41) is 0. The van der Waals surface area contributed by atoms with Gasteiger partial charge in [-0.25, -0.2) is 0 Å². The van der Waals surface area contributed by atoms with Crippen molar-refractivity contribution in [1.29, 1.82) is 0 Å². The highest BCUT2D eigenvalue weighted by Gasteiger charge is 2.29. The number of ketones is 1. The monoisotopic (exact) mass is 528 g/mol. The molecule has 0 saturated heterocycles. The third kappa shape index (κ3) is 6.58. The second-order valence-corrected chi connectivity index (χ2v) is 7.66. The van der Waals surface area contributed by atoms with Gasteiger partial charge in [0, 0.05) is 32.9 Å². The Morgan fingerprint density at radius 1 is 0.727 bits per heavy atom. The van der Waals surface area contributed by atoms with E-state index >= 15 is 0 Å². The van der Waals surface area contributed by atoms with E-state index in [1.54, 1.807) is 25.1 Å². The third-order valence-electron chi connectivity index (χ3n) is 4.52. The molecular formula is C23H29BrO9. The van der Waals surface area contributed by atoms with Crippen LogP contribution in [0, 0.1) is 13.8 Å². The number of benzene rings is 2. The molecule has 182 valence electrons. The smallest absolute Gasteiger partial charge is 0.207 e. The average molecular weight is 529 g/mol. The Labute approximate surface area is 201 Å². The van der Waals surface area contributed by atoms with E-state index in [4.69, 9.17) is 37.9 Å². The lowest BCUT2D eigenvalue weighted by molar-refractivity contribution is 0.0214. The SMILES string of the molecule is COCOc1cc(C)c(C(=O)c2c(OCOC)ccc(Br)c2C)c(OCOC)c1OCOC. The van der Waals surface area contributed by atoms with Crippen molar-refractivity contribution in [3.63, 3.8) is 0 Å². The number of carbonyl (C=O) groups is 1. The van der Waals surface area contributed by atoms with Gasteiger partial charge in [-0.05, 0) is 43.2 Å². The molecule has 0 aliphatic heterocycles. The number of carbonyl (C=O) groups excluding carboxylic acids is 1. The maximum Gasteiger partial charge on any atom is 0.207 e. The van der Waals surface area contributed by atoms with Gasteiger partial charge in [0.1, 0.15) is 5.75 Å². The number of halogens is 1. The van der Waals surface area contributed by atoms with E-state index in [1.165, 1.54) is 28.4 Å². The predicted octanol–water partition coefficient (Wildman–Crippen LogP) is 4.23. The Morgan fingerprint density at radius 3 is 1.82 bits per heavy atom. The van der Waals surface area contributed by atoms with E-state index in [2.05, 4.69) is 15.9 Å². The highest BCUT2D eigenvalue weighted by molar-refractivity contribution is 9.10. The van der Waals surface area contributed by atoms with Crippen LogP contribution in [0.15, 0.2) is 22.7 Å². The van der Waals surface area contributed by atoms with E-state index in [0.717, 1.165) is 4.47 Å². The van der Waals surface area contributed by atoms with Crippen LogP contribution in [0.4, 0.5) is 0 Å². The van der Waals surface area contributed by atoms with Crippen LogP contribution < -0.4 is 18.9 Å². The van der Waals surface area contributed by atoms with Crippen LogP contribution in [-0.4, -0.2) is 61.4 Å². The molecule has 0 N–H and O–H groups in total. The molecule has 9 nitrogen and oxygen atoms in total. The van der Waals surface area contributed by atoms with Crippen molar-refractivity contribution in [2.24, 2.45) is 0 Å². The van der Waals surface area contributed by atoms with Crippen molar-refractivity contribution in [2.75, 3.05) is 55.6 Å². The van der Waals surface area contributed by atoms with E-state index in [0.29, 0.717) is 28.2 Å². The molecule has 2 rings (SSSR count). The lowest BCUT2D eigenvalue weighted by Gasteiger charge is -2.21. The third-order valence-corrected chi connectivity index (χ3v) is 5.38. The first kappa shape index (κ1) is 26.9. The highest BCUT2D eigenvalue weighted by atomic mass is 79.9. The largest absolute Gasteiger partial charge is 0.467 e. The summed E-state index contributed by atoms with van der Waals surface area (Å²) >= 11 is 3.49. The zero-order valence-corrected chi connectivity index (χ0v) is 21.2. The van der Waals surface area contributed by atoms with Crippen molar-refractivity contribution >= 4 is 21.7 Å². The van der Waals surface area contributed by atoms with Crippen molar-refractivity contribution in [3.05, 3.63) is 44.9 Å². The lowest BCUT2D eigenvalue weighted by atomic mass is 9.93. The molecule has 0 radical (unpaired) electrons. The summed E-state index contributed by atoms with van der Waals surface area (Å²) in [6.45, 7) is 3.33. The molecule has 0 aromatic heterocycles. The Morgan fingerprint density at radius 2 is 1.24 bits per heavy atom. The van der Waals surface area contributed by atoms with Crippen molar-refractivity contribution in [3.8, 4) is 23.0 Å². The number of hydrogen-bond acceptors (Lipinski definition) is 9. The van der Waals surface area contributed by atoms with Gasteiger partial charge in [-0.15, -0.1) is 0 Å². The Balaban J connectivity index is 2.74. The zero-order valence-electron chi connectivity index (χ0n) is 19.6. The molecule has 2 aromatic carbocycles. The van der Waals surface area contributed by atoms with Gasteiger partial charge in [-0.1, -0.05) is 15.9 Å². The van der Waals surface area contributed by atoms with Crippen LogP contribution in [0.2, 0.25) is 0 Å². The minimum Gasteiger partial charge on any atom is -0.467 e. The van der Waals surface area contributed by atoms with Gasteiger partial charge in [0.15, 0.2) is 38.7 Å². The molecule has 33 heavy (non-hydrogen) atoms. The standard InChI is InChI=1S/C23H29BrO9/c1-14-9-18(31-11-27-4)22(32-12-28-5)23(33-13-29-6)19(14)21(25)20-15(2)16(24)7-8-17(20)30-10-26-3/h7-9H,10-13H2,1-6H3. The Kier molecular flexibility index (Phi) is 10.9. The number of aryl methyl sites for hydroxylation is 1. The van der Waals surface area contributed by atoms with Gasteiger partial charge >= 0.3 is 0 Å². The minimum absolute atomic E-state index is 0.0145. The molecule has 10 heteroatoms. The van der Waals surface area contributed by atoms with Gasteiger partial charge in [-0.3, -0.25) is 4.79 Å². The maximum atomic E-state index is 13.9. The molecule has 0 bridgehead atoms. The normalized spacial score (nSPS) is 10.8. The van der Waals surface area contributed by atoms with E-state index in [-0.39, 0.29) is 50.0 Å². The minimum atomic E-state index is -0.330. The fourth-order valence-electron chi connectivity index (χ4n) is 3.07. The number of methoxy groups -OCH3 is 4. The summed E-state index contributed by atoms with van der Waals surface area (Å²) in [5.41, 5.74) is 1.92. The van der Waals surface area contributed by atoms with Crippen LogP contribution in [-0.2, 0) is 18.9 Å². The molecule has 0 saturated carbocycles. The quantitative estimate of drug-likeness (QED) is 0.264. The topological polar surface area (TPSA) is 90.9 Å². The van der Waals surface area contributed by atoms with E-state index in [1.807, 2.05) is 6.92 Å². The molecule has 0 heterocycles. The predicted molar refractivity (Wildman–Crippen MR) is 124 cm³/mol. The van der Waals surface area contributed by atoms with Gasteiger partial charge < -0.3 is 37.9 Å². The van der Waals surface area contributed by atoms with Crippen LogP contribution >= 0.6 is 15.9 Å². The van der Waals surface area contributed by atoms with Crippen molar-refractivity contribution in [1.82, 2.24) is 0 Å². The number of hydrogen-bond donors (Lipinski definition) is 0. The molecule has 2 aromatic rings. The summed E-state index contributed by atoms with van der Waals surface area (Å²) in [7, 11) is 5.97. The number of ether oxygens (including phenoxy) is 8. The van der Waals surface area contributed by atoms with Crippen LogP contribution in [0.3, 0.4) is 0 Å². The first-order valence-electron chi connectivity index (χ1n) is 9.89. The lowest BCUT2D eigenvalue weighted by Crippen LogP contribution is -2.15. The molecule has 0 atom stereocenters. The Hall–Kier alpha value is -2.37. The van der Waals surface area contributed by atoms with Crippen molar-refractivity contribution < 1.29 is 42.7 Å². The molecule has 0 spiro atoms. The van der Waals surface area contributed by atoms with Crippen molar-refractivity contribution in [2.45, 2.75) is 13.8 Å². The molecule has 0 fully saturated rings. The second-order valence-electron chi connectivity index (χ2n) is 6.80. The fourth-order valence-corrected chi connectivity index (χ4v) is 3.40. The molecular weight excluding hydrogens is 500 g/mol. The van der Waals surface area contributed by atoms with Gasteiger partial charge in [0.05, 0.1) is 11.1 Å². The van der Waals surface area contributed by atoms with Crippen LogP contribution in [0.25, 0.3) is 0 Å². The first-order chi connectivity index (χ1) is 15.9.